The number of rotatable bonds is 4. The van der Waals surface area contributed by atoms with Gasteiger partial charge in [0.2, 0.25) is 0 Å². The van der Waals surface area contributed by atoms with Gasteiger partial charge in [0.1, 0.15) is 11.5 Å². The molecule has 0 N–H and O–H groups in total. The highest BCUT2D eigenvalue weighted by molar-refractivity contribution is 7.42. The zero-order valence-electron chi connectivity index (χ0n) is 23.7. The van der Waals surface area contributed by atoms with Gasteiger partial charge in [-0.1, -0.05) is 86.6 Å². The first-order valence-corrected chi connectivity index (χ1v) is 15.1. The monoisotopic (exact) mass is 548 g/mol. The quantitative estimate of drug-likeness (QED) is 0.357. The summed E-state index contributed by atoms with van der Waals surface area (Å²) in [6.45, 7) is 21.6. The molecule has 0 atom stereocenters. The molecule has 0 saturated carbocycles. The summed E-state index contributed by atoms with van der Waals surface area (Å²) < 4.78 is 36.3. The molecule has 0 bridgehead atoms. The second kappa shape index (κ2) is 10.7. The second-order valence-electron chi connectivity index (χ2n) is 13.2. The largest absolute Gasteiger partial charge is 0.427 e. The lowest BCUT2D eigenvalue weighted by Gasteiger charge is -2.41. The zero-order valence-corrected chi connectivity index (χ0v) is 25.5. The summed E-state index contributed by atoms with van der Waals surface area (Å²) in [6.07, 6.45) is 0. The Hall–Kier alpha value is -1.26. The molecule has 1 spiro atoms. The van der Waals surface area contributed by atoms with Crippen molar-refractivity contribution in [2.24, 2.45) is 5.41 Å². The minimum atomic E-state index is -1.50. The first-order valence-electron chi connectivity index (χ1n) is 12.9. The number of benzene rings is 2. The molecule has 8 heteroatoms. The van der Waals surface area contributed by atoms with Gasteiger partial charge in [0.05, 0.1) is 31.8 Å². The van der Waals surface area contributed by atoms with Crippen LogP contribution in [0.4, 0.5) is 0 Å². The van der Waals surface area contributed by atoms with E-state index in [4.69, 9.17) is 27.1 Å². The molecule has 6 nitrogen and oxygen atoms in total. The summed E-state index contributed by atoms with van der Waals surface area (Å²) in [5.74, 6) is 1.56. The van der Waals surface area contributed by atoms with Gasteiger partial charge >= 0.3 is 17.2 Å². The van der Waals surface area contributed by atoms with Crippen LogP contribution in [0.25, 0.3) is 0 Å². The van der Waals surface area contributed by atoms with Crippen LogP contribution in [0.3, 0.4) is 0 Å². The Morgan fingerprint density at radius 2 is 1.05 bits per heavy atom. The molecule has 0 radical (unpaired) electrons. The maximum Gasteiger partial charge on any atom is 0.397 e. The van der Waals surface area contributed by atoms with E-state index in [1.165, 1.54) is 11.1 Å². The van der Waals surface area contributed by atoms with Crippen molar-refractivity contribution >= 4 is 17.2 Å². The third kappa shape index (κ3) is 7.24. The van der Waals surface area contributed by atoms with E-state index in [9.17, 15) is 0 Å². The minimum absolute atomic E-state index is 0.0636. The van der Waals surface area contributed by atoms with Crippen LogP contribution in [0, 0.1) is 5.41 Å². The Morgan fingerprint density at radius 3 is 1.51 bits per heavy atom. The molecule has 0 unspecified atom stereocenters. The molecule has 37 heavy (non-hydrogen) atoms. The van der Waals surface area contributed by atoms with Crippen molar-refractivity contribution in [2.45, 2.75) is 78.6 Å². The highest BCUT2D eigenvalue weighted by Gasteiger charge is 2.45. The maximum atomic E-state index is 6.27. The van der Waals surface area contributed by atoms with Crippen LogP contribution in [-0.4, -0.2) is 26.4 Å². The van der Waals surface area contributed by atoms with Crippen LogP contribution in [0.5, 0.6) is 11.5 Å². The van der Waals surface area contributed by atoms with Crippen LogP contribution >= 0.6 is 17.2 Å². The van der Waals surface area contributed by atoms with E-state index in [0.29, 0.717) is 26.4 Å². The van der Waals surface area contributed by atoms with Crippen molar-refractivity contribution in [3.8, 4) is 11.5 Å². The van der Waals surface area contributed by atoms with Gasteiger partial charge in [-0.15, -0.1) is 0 Å². The average Bonchev–Trinajstić information content (AvgIpc) is 2.81. The van der Waals surface area contributed by atoms with Crippen molar-refractivity contribution in [3.05, 3.63) is 59.2 Å². The van der Waals surface area contributed by atoms with Gasteiger partial charge in [-0.2, -0.15) is 0 Å². The smallest absolute Gasteiger partial charge is 0.397 e. The van der Waals surface area contributed by atoms with Gasteiger partial charge in [0.15, 0.2) is 0 Å². The van der Waals surface area contributed by atoms with Crippen molar-refractivity contribution in [3.63, 3.8) is 0 Å². The van der Waals surface area contributed by atoms with E-state index in [1.807, 2.05) is 18.2 Å². The topological polar surface area (TPSA) is 55.4 Å². The standard InChI is InChI=1S/C29H42O6P2/c1-26(2,3)21-10-13-23(14-11-21)34-36-30-17-29(18-31-36)19-32-37(33-20-29)35-25-15-12-22(27(4,5)6)16-24(25)28(7,8)9/h10-16H,17-20H2,1-9H3. The SMILES string of the molecule is CC(C)(C)c1ccc(OP2OCC3(CO2)COP(Oc2ccc(C(C)(C)C)cc2C(C)(C)C)OC3)cc1. The van der Waals surface area contributed by atoms with Crippen LogP contribution in [0.1, 0.15) is 79.0 Å². The third-order valence-electron chi connectivity index (χ3n) is 6.63. The van der Waals surface area contributed by atoms with Crippen molar-refractivity contribution in [1.82, 2.24) is 0 Å². The molecule has 2 heterocycles. The summed E-state index contributed by atoms with van der Waals surface area (Å²) >= 11 is 0. The lowest BCUT2D eigenvalue weighted by Crippen LogP contribution is -2.45. The van der Waals surface area contributed by atoms with E-state index in [1.54, 1.807) is 0 Å². The fourth-order valence-electron chi connectivity index (χ4n) is 4.03. The molecular formula is C29H42O6P2. The molecule has 2 aliphatic heterocycles. The Kier molecular flexibility index (Phi) is 8.33. The Morgan fingerprint density at radius 1 is 0.595 bits per heavy atom. The minimum Gasteiger partial charge on any atom is -0.427 e. The summed E-state index contributed by atoms with van der Waals surface area (Å²) in [4.78, 5) is 0. The molecule has 204 valence electrons. The summed E-state index contributed by atoms with van der Waals surface area (Å²) in [7, 11) is -2.96. The van der Waals surface area contributed by atoms with E-state index in [-0.39, 0.29) is 21.7 Å². The van der Waals surface area contributed by atoms with Crippen LogP contribution in [0.15, 0.2) is 42.5 Å². The van der Waals surface area contributed by atoms with E-state index in [0.717, 1.165) is 17.1 Å². The number of hydrogen-bond donors (Lipinski definition) is 0. The van der Waals surface area contributed by atoms with E-state index in [2.05, 4.69) is 86.6 Å². The van der Waals surface area contributed by atoms with Crippen LogP contribution in [-0.2, 0) is 34.3 Å². The van der Waals surface area contributed by atoms with Crippen molar-refractivity contribution in [2.75, 3.05) is 26.4 Å². The predicted molar refractivity (Wildman–Crippen MR) is 150 cm³/mol. The van der Waals surface area contributed by atoms with Gasteiger partial charge in [0.25, 0.3) is 0 Å². The van der Waals surface area contributed by atoms with Gasteiger partial charge in [0, 0.05) is 5.56 Å². The fraction of sp³-hybridized carbons (Fsp3) is 0.586. The molecule has 2 saturated heterocycles. The van der Waals surface area contributed by atoms with Crippen molar-refractivity contribution < 1.29 is 27.1 Å². The normalized spacial score (nSPS) is 25.2. The molecule has 0 aliphatic carbocycles. The van der Waals surface area contributed by atoms with E-state index >= 15 is 0 Å². The molecule has 2 fully saturated rings. The predicted octanol–water partition coefficient (Wildman–Crippen LogP) is 8.57. The van der Waals surface area contributed by atoms with E-state index < -0.39 is 17.2 Å². The average molecular weight is 549 g/mol. The highest BCUT2D eigenvalue weighted by atomic mass is 31.2. The number of hydrogen-bond acceptors (Lipinski definition) is 6. The lowest BCUT2D eigenvalue weighted by molar-refractivity contribution is -0.0673. The van der Waals surface area contributed by atoms with Crippen molar-refractivity contribution in [1.29, 1.82) is 0 Å². The Balaban J connectivity index is 1.31. The van der Waals surface area contributed by atoms with Gasteiger partial charge in [-0.05, 0) is 45.6 Å². The molecule has 2 aromatic rings. The molecule has 2 aliphatic rings. The van der Waals surface area contributed by atoms with Gasteiger partial charge < -0.3 is 27.1 Å². The Bertz CT molecular complexity index is 1050. The molecule has 4 rings (SSSR count). The summed E-state index contributed by atoms with van der Waals surface area (Å²) in [5.41, 5.74) is 3.42. The Labute approximate surface area is 225 Å². The summed E-state index contributed by atoms with van der Waals surface area (Å²) in [5, 5.41) is 0. The fourth-order valence-corrected chi connectivity index (χ4v) is 6.52. The maximum absolute atomic E-state index is 6.27. The molecule has 0 aromatic heterocycles. The van der Waals surface area contributed by atoms with Gasteiger partial charge in [-0.25, -0.2) is 0 Å². The summed E-state index contributed by atoms with van der Waals surface area (Å²) in [6, 6.07) is 14.5. The lowest BCUT2D eigenvalue weighted by atomic mass is 9.80. The third-order valence-corrected chi connectivity index (χ3v) is 8.70. The highest BCUT2D eigenvalue weighted by Crippen LogP contribution is 2.54. The van der Waals surface area contributed by atoms with Gasteiger partial charge in [-0.3, -0.25) is 0 Å². The first-order chi connectivity index (χ1) is 17.1. The molecule has 0 amide bonds. The zero-order chi connectivity index (χ0) is 27.1. The second-order valence-corrected chi connectivity index (χ2v) is 15.5. The van der Waals surface area contributed by atoms with Crippen LogP contribution in [0.2, 0.25) is 0 Å². The first kappa shape index (κ1) is 28.7. The van der Waals surface area contributed by atoms with Crippen LogP contribution < -0.4 is 9.05 Å². The molecule has 2 aromatic carbocycles. The molecular weight excluding hydrogens is 506 g/mol.